The van der Waals surface area contributed by atoms with E-state index in [1.165, 1.54) is 11.1 Å². The predicted octanol–water partition coefficient (Wildman–Crippen LogP) is 2.57. The second-order valence-corrected chi connectivity index (χ2v) is 5.69. The van der Waals surface area contributed by atoms with E-state index in [9.17, 15) is 5.11 Å². The summed E-state index contributed by atoms with van der Waals surface area (Å²) in [5.74, 6) is 0.791. The number of benzene rings is 2. The van der Waals surface area contributed by atoms with Gasteiger partial charge in [-0.05, 0) is 41.7 Å². The van der Waals surface area contributed by atoms with E-state index in [4.69, 9.17) is 10.5 Å². The van der Waals surface area contributed by atoms with Gasteiger partial charge in [-0.1, -0.05) is 36.4 Å². The highest BCUT2D eigenvalue weighted by molar-refractivity contribution is 5.43. The molecule has 110 valence electrons. The van der Waals surface area contributed by atoms with Gasteiger partial charge in [0.1, 0.15) is 5.75 Å². The van der Waals surface area contributed by atoms with Crippen molar-refractivity contribution in [2.24, 2.45) is 5.73 Å². The lowest BCUT2D eigenvalue weighted by Crippen LogP contribution is -2.39. The SMILES string of the molecule is COc1ccc(C(O)C2(CN)CCc3ccccc32)cc1. The molecule has 3 N–H and O–H groups in total. The molecule has 0 aromatic heterocycles. The summed E-state index contributed by atoms with van der Waals surface area (Å²) < 4.78 is 5.18. The van der Waals surface area contributed by atoms with Crippen molar-refractivity contribution in [3.63, 3.8) is 0 Å². The van der Waals surface area contributed by atoms with E-state index in [0.717, 1.165) is 24.2 Å². The second kappa shape index (κ2) is 5.51. The molecule has 0 heterocycles. The second-order valence-electron chi connectivity index (χ2n) is 5.69. The van der Waals surface area contributed by atoms with Gasteiger partial charge in [0.25, 0.3) is 0 Å². The minimum Gasteiger partial charge on any atom is -0.497 e. The van der Waals surface area contributed by atoms with Crippen LogP contribution in [0.15, 0.2) is 48.5 Å². The lowest BCUT2D eigenvalue weighted by molar-refractivity contribution is 0.0840. The molecule has 3 rings (SSSR count). The molecule has 0 radical (unpaired) electrons. The number of ether oxygens (including phenoxy) is 1. The third-order valence-corrected chi connectivity index (χ3v) is 4.71. The van der Waals surface area contributed by atoms with Crippen LogP contribution in [0.5, 0.6) is 5.75 Å². The highest BCUT2D eigenvalue weighted by Gasteiger charge is 2.43. The Hall–Kier alpha value is -1.84. The third kappa shape index (κ3) is 2.23. The molecular weight excluding hydrogens is 262 g/mol. The number of aliphatic hydroxyl groups excluding tert-OH is 1. The Morgan fingerprint density at radius 1 is 1.19 bits per heavy atom. The van der Waals surface area contributed by atoms with Gasteiger partial charge in [-0.3, -0.25) is 0 Å². The fraction of sp³-hybridized carbons (Fsp3) is 0.333. The van der Waals surface area contributed by atoms with Crippen LogP contribution in [0.3, 0.4) is 0 Å². The average molecular weight is 283 g/mol. The number of rotatable bonds is 4. The molecule has 1 aliphatic carbocycles. The van der Waals surface area contributed by atoms with E-state index >= 15 is 0 Å². The van der Waals surface area contributed by atoms with Crippen LogP contribution in [0.1, 0.15) is 29.2 Å². The molecule has 2 atom stereocenters. The minimum atomic E-state index is -0.600. The highest BCUT2D eigenvalue weighted by atomic mass is 16.5. The Morgan fingerprint density at radius 2 is 1.90 bits per heavy atom. The molecule has 1 aliphatic rings. The van der Waals surface area contributed by atoms with Crippen molar-refractivity contribution < 1.29 is 9.84 Å². The van der Waals surface area contributed by atoms with Crippen LogP contribution < -0.4 is 10.5 Å². The number of methoxy groups -OCH3 is 1. The van der Waals surface area contributed by atoms with E-state index in [1.807, 2.05) is 36.4 Å². The average Bonchev–Trinajstić information content (AvgIpc) is 2.94. The maximum Gasteiger partial charge on any atom is 0.118 e. The largest absolute Gasteiger partial charge is 0.497 e. The molecule has 0 spiro atoms. The van der Waals surface area contributed by atoms with Crippen LogP contribution in [-0.2, 0) is 11.8 Å². The predicted molar refractivity (Wildman–Crippen MR) is 83.4 cm³/mol. The van der Waals surface area contributed by atoms with Crippen molar-refractivity contribution in [2.75, 3.05) is 13.7 Å². The molecule has 0 saturated carbocycles. The molecule has 0 saturated heterocycles. The van der Waals surface area contributed by atoms with E-state index in [-0.39, 0.29) is 5.41 Å². The first-order chi connectivity index (χ1) is 10.2. The van der Waals surface area contributed by atoms with Gasteiger partial charge in [0.05, 0.1) is 13.2 Å². The number of aliphatic hydroxyl groups is 1. The molecule has 0 amide bonds. The maximum atomic E-state index is 11.0. The first-order valence-corrected chi connectivity index (χ1v) is 7.32. The molecule has 0 bridgehead atoms. The lowest BCUT2D eigenvalue weighted by Gasteiger charge is -2.34. The van der Waals surface area contributed by atoms with Crippen LogP contribution in [0.25, 0.3) is 0 Å². The van der Waals surface area contributed by atoms with E-state index in [1.54, 1.807) is 7.11 Å². The summed E-state index contributed by atoms with van der Waals surface area (Å²) in [4.78, 5) is 0. The first-order valence-electron chi connectivity index (χ1n) is 7.32. The summed E-state index contributed by atoms with van der Waals surface area (Å²) >= 11 is 0. The Bertz CT molecular complexity index is 623. The fourth-order valence-electron chi connectivity index (χ4n) is 3.43. The summed E-state index contributed by atoms with van der Waals surface area (Å²) in [5, 5.41) is 11.0. The summed E-state index contributed by atoms with van der Waals surface area (Å²) in [6, 6.07) is 15.9. The molecule has 2 aromatic rings. The normalized spacial score (nSPS) is 21.9. The first kappa shape index (κ1) is 14.1. The van der Waals surface area contributed by atoms with Gasteiger partial charge < -0.3 is 15.6 Å². The molecule has 3 heteroatoms. The zero-order valence-corrected chi connectivity index (χ0v) is 12.3. The Kier molecular flexibility index (Phi) is 3.70. The van der Waals surface area contributed by atoms with Gasteiger partial charge in [-0.25, -0.2) is 0 Å². The highest BCUT2D eigenvalue weighted by Crippen LogP contribution is 2.46. The third-order valence-electron chi connectivity index (χ3n) is 4.71. The van der Waals surface area contributed by atoms with Crippen molar-refractivity contribution in [2.45, 2.75) is 24.4 Å². The van der Waals surface area contributed by atoms with Crippen molar-refractivity contribution in [1.29, 1.82) is 0 Å². The van der Waals surface area contributed by atoms with E-state index in [0.29, 0.717) is 6.54 Å². The summed E-state index contributed by atoms with van der Waals surface area (Å²) in [7, 11) is 1.64. The van der Waals surface area contributed by atoms with Crippen molar-refractivity contribution >= 4 is 0 Å². The van der Waals surface area contributed by atoms with Gasteiger partial charge >= 0.3 is 0 Å². The number of fused-ring (bicyclic) bond motifs is 1. The molecule has 0 fully saturated rings. The summed E-state index contributed by atoms with van der Waals surface area (Å²) in [5.41, 5.74) is 9.09. The number of aryl methyl sites for hydroxylation is 1. The maximum absolute atomic E-state index is 11.0. The van der Waals surface area contributed by atoms with Crippen LogP contribution >= 0.6 is 0 Å². The molecule has 0 aliphatic heterocycles. The zero-order chi connectivity index (χ0) is 14.9. The van der Waals surface area contributed by atoms with Crippen molar-refractivity contribution in [3.05, 3.63) is 65.2 Å². The quantitative estimate of drug-likeness (QED) is 0.906. The topological polar surface area (TPSA) is 55.5 Å². The van der Waals surface area contributed by atoms with Crippen LogP contribution in [-0.4, -0.2) is 18.8 Å². The van der Waals surface area contributed by atoms with Gasteiger partial charge in [0.2, 0.25) is 0 Å². The van der Waals surface area contributed by atoms with Gasteiger partial charge in [-0.2, -0.15) is 0 Å². The van der Waals surface area contributed by atoms with E-state index < -0.39 is 6.10 Å². The van der Waals surface area contributed by atoms with Crippen molar-refractivity contribution in [1.82, 2.24) is 0 Å². The standard InChI is InChI=1S/C18H21NO2/c1-21-15-8-6-14(7-9-15)17(20)18(12-19)11-10-13-4-2-3-5-16(13)18/h2-9,17,20H,10-12,19H2,1H3. The Morgan fingerprint density at radius 3 is 2.57 bits per heavy atom. The Labute approximate surface area is 125 Å². The number of hydrogen-bond acceptors (Lipinski definition) is 3. The summed E-state index contributed by atoms with van der Waals surface area (Å²) in [6.45, 7) is 0.442. The molecule has 2 aromatic carbocycles. The fourth-order valence-corrected chi connectivity index (χ4v) is 3.43. The van der Waals surface area contributed by atoms with Gasteiger partial charge in [-0.15, -0.1) is 0 Å². The van der Waals surface area contributed by atoms with Crippen LogP contribution in [0.2, 0.25) is 0 Å². The molecule has 21 heavy (non-hydrogen) atoms. The molecule has 3 nitrogen and oxygen atoms in total. The molecule has 2 unspecified atom stereocenters. The number of hydrogen-bond donors (Lipinski definition) is 2. The lowest BCUT2D eigenvalue weighted by atomic mass is 9.74. The molecular formula is C18H21NO2. The summed E-state index contributed by atoms with van der Waals surface area (Å²) in [6.07, 6.45) is 1.26. The van der Waals surface area contributed by atoms with Gasteiger partial charge in [0, 0.05) is 12.0 Å². The van der Waals surface area contributed by atoms with Crippen LogP contribution in [0.4, 0.5) is 0 Å². The van der Waals surface area contributed by atoms with Crippen LogP contribution in [0, 0.1) is 0 Å². The smallest absolute Gasteiger partial charge is 0.118 e. The number of nitrogens with two attached hydrogens (primary N) is 1. The van der Waals surface area contributed by atoms with Gasteiger partial charge in [0.15, 0.2) is 0 Å². The van der Waals surface area contributed by atoms with E-state index in [2.05, 4.69) is 12.1 Å². The monoisotopic (exact) mass is 283 g/mol. The zero-order valence-electron chi connectivity index (χ0n) is 12.3. The Balaban J connectivity index is 2.00. The minimum absolute atomic E-state index is 0.384. The van der Waals surface area contributed by atoms with Crippen molar-refractivity contribution in [3.8, 4) is 5.75 Å².